The van der Waals surface area contributed by atoms with Gasteiger partial charge in [0.05, 0.1) is 5.69 Å². The number of hydrogen-bond donors (Lipinski definition) is 1. The molecule has 0 amide bonds. The van der Waals surface area contributed by atoms with Gasteiger partial charge in [-0.1, -0.05) is 36.2 Å². The molecule has 108 valence electrons. The number of rotatable bonds is 5. The van der Waals surface area contributed by atoms with Gasteiger partial charge in [0.25, 0.3) is 0 Å². The fourth-order valence-electron chi connectivity index (χ4n) is 2.27. The Kier molecular flexibility index (Phi) is 5.08. The van der Waals surface area contributed by atoms with Crippen molar-refractivity contribution < 1.29 is 0 Å². The van der Waals surface area contributed by atoms with Gasteiger partial charge in [-0.15, -0.1) is 0 Å². The van der Waals surface area contributed by atoms with Gasteiger partial charge in [0.1, 0.15) is 0 Å². The Morgan fingerprint density at radius 2 is 1.90 bits per heavy atom. The van der Waals surface area contributed by atoms with Crippen LogP contribution in [0.2, 0.25) is 10.0 Å². The molecule has 1 unspecified atom stereocenters. The van der Waals surface area contributed by atoms with E-state index in [0.717, 1.165) is 29.8 Å². The molecule has 20 heavy (non-hydrogen) atoms. The maximum Gasteiger partial charge on any atom is 0.0624 e. The average Bonchev–Trinajstić information content (AvgIpc) is 2.75. The highest BCUT2D eigenvalue weighted by Crippen LogP contribution is 2.25. The lowest BCUT2D eigenvalue weighted by atomic mass is 10.0. The van der Waals surface area contributed by atoms with Crippen molar-refractivity contribution in [2.75, 3.05) is 0 Å². The molecule has 2 rings (SSSR count). The van der Waals surface area contributed by atoms with E-state index < -0.39 is 0 Å². The highest BCUT2D eigenvalue weighted by molar-refractivity contribution is 6.36. The molecule has 0 bridgehead atoms. The van der Waals surface area contributed by atoms with Gasteiger partial charge in [0.15, 0.2) is 0 Å². The van der Waals surface area contributed by atoms with Crippen LogP contribution in [0.5, 0.6) is 0 Å². The Hall–Kier alpha value is -1.03. The average molecular weight is 312 g/mol. The minimum absolute atomic E-state index is 0.0347. The van der Waals surface area contributed by atoms with E-state index in [0.29, 0.717) is 16.5 Å². The zero-order chi connectivity index (χ0) is 14.7. The summed E-state index contributed by atoms with van der Waals surface area (Å²) in [6, 6.07) is 7.60. The van der Waals surface area contributed by atoms with Gasteiger partial charge in [0.2, 0.25) is 0 Å². The highest BCUT2D eigenvalue weighted by atomic mass is 35.5. The van der Waals surface area contributed by atoms with Gasteiger partial charge in [-0.2, -0.15) is 5.10 Å². The van der Waals surface area contributed by atoms with E-state index in [1.807, 2.05) is 29.9 Å². The van der Waals surface area contributed by atoms with E-state index >= 15 is 0 Å². The molecule has 5 heteroatoms. The molecule has 1 aromatic carbocycles. The third-order valence-electron chi connectivity index (χ3n) is 3.39. The molecule has 1 heterocycles. The fraction of sp³-hybridized carbons (Fsp3) is 0.400. The SMILES string of the molecule is CCc1cc(CC(N)Cc2c(Cl)cccc2Cl)n(C)n1. The van der Waals surface area contributed by atoms with Crippen molar-refractivity contribution in [1.82, 2.24) is 9.78 Å². The van der Waals surface area contributed by atoms with E-state index in [1.54, 1.807) is 0 Å². The molecule has 0 saturated heterocycles. The van der Waals surface area contributed by atoms with Crippen LogP contribution in [0.3, 0.4) is 0 Å². The molecule has 1 atom stereocenters. The first-order valence-electron chi connectivity index (χ1n) is 6.71. The first-order valence-corrected chi connectivity index (χ1v) is 7.47. The van der Waals surface area contributed by atoms with Crippen molar-refractivity contribution in [3.63, 3.8) is 0 Å². The summed E-state index contributed by atoms with van der Waals surface area (Å²) in [5, 5.41) is 5.78. The van der Waals surface area contributed by atoms with E-state index in [2.05, 4.69) is 18.1 Å². The highest BCUT2D eigenvalue weighted by Gasteiger charge is 2.13. The van der Waals surface area contributed by atoms with Crippen molar-refractivity contribution in [2.24, 2.45) is 12.8 Å². The molecular formula is C15H19Cl2N3. The largest absolute Gasteiger partial charge is 0.327 e. The van der Waals surface area contributed by atoms with Crippen molar-refractivity contribution in [3.8, 4) is 0 Å². The second kappa shape index (κ2) is 6.61. The molecule has 0 aliphatic carbocycles. The second-order valence-electron chi connectivity index (χ2n) is 4.97. The topological polar surface area (TPSA) is 43.8 Å². The summed E-state index contributed by atoms with van der Waals surface area (Å²) in [7, 11) is 1.95. The van der Waals surface area contributed by atoms with Crippen LogP contribution in [0.4, 0.5) is 0 Å². The maximum atomic E-state index is 6.24. The van der Waals surface area contributed by atoms with E-state index in [9.17, 15) is 0 Å². The van der Waals surface area contributed by atoms with Gasteiger partial charge in [0, 0.05) is 35.2 Å². The van der Waals surface area contributed by atoms with Crippen molar-refractivity contribution in [3.05, 3.63) is 51.3 Å². The van der Waals surface area contributed by atoms with Gasteiger partial charge < -0.3 is 5.73 Å². The van der Waals surface area contributed by atoms with Crippen LogP contribution < -0.4 is 5.73 Å². The van der Waals surface area contributed by atoms with Crippen LogP contribution in [0, 0.1) is 0 Å². The van der Waals surface area contributed by atoms with E-state index in [1.165, 1.54) is 0 Å². The number of hydrogen-bond acceptors (Lipinski definition) is 2. The third-order valence-corrected chi connectivity index (χ3v) is 4.10. The Labute approximate surface area is 129 Å². The zero-order valence-corrected chi connectivity index (χ0v) is 13.2. The van der Waals surface area contributed by atoms with Crippen LogP contribution in [-0.2, 0) is 26.3 Å². The number of nitrogens with zero attached hydrogens (tertiary/aromatic N) is 2. The molecule has 0 aliphatic heterocycles. The molecular weight excluding hydrogens is 293 g/mol. The summed E-state index contributed by atoms with van der Waals surface area (Å²) in [6.07, 6.45) is 2.34. The Morgan fingerprint density at radius 3 is 2.45 bits per heavy atom. The number of benzene rings is 1. The molecule has 1 aromatic heterocycles. The molecule has 0 radical (unpaired) electrons. The lowest BCUT2D eigenvalue weighted by molar-refractivity contribution is 0.612. The lowest BCUT2D eigenvalue weighted by Gasteiger charge is -2.14. The predicted molar refractivity (Wildman–Crippen MR) is 84.4 cm³/mol. The minimum Gasteiger partial charge on any atom is -0.327 e. The first kappa shape index (κ1) is 15.4. The zero-order valence-electron chi connectivity index (χ0n) is 11.7. The third kappa shape index (κ3) is 3.54. The molecule has 0 spiro atoms. The second-order valence-corrected chi connectivity index (χ2v) is 5.79. The van der Waals surface area contributed by atoms with Crippen LogP contribution in [-0.4, -0.2) is 15.8 Å². The molecule has 2 aromatic rings. The Bertz CT molecular complexity index is 573. The van der Waals surface area contributed by atoms with E-state index in [-0.39, 0.29) is 6.04 Å². The maximum absolute atomic E-state index is 6.24. The minimum atomic E-state index is -0.0347. The summed E-state index contributed by atoms with van der Waals surface area (Å²) in [4.78, 5) is 0. The van der Waals surface area contributed by atoms with Gasteiger partial charge in [-0.25, -0.2) is 0 Å². The summed E-state index contributed by atoms with van der Waals surface area (Å²) in [6.45, 7) is 2.09. The van der Waals surface area contributed by atoms with Crippen molar-refractivity contribution >= 4 is 23.2 Å². The number of aryl methyl sites for hydroxylation is 2. The van der Waals surface area contributed by atoms with Gasteiger partial charge in [-0.05, 0) is 36.6 Å². The summed E-state index contributed by atoms with van der Waals surface area (Å²) >= 11 is 12.4. The number of aromatic nitrogens is 2. The van der Waals surface area contributed by atoms with Crippen LogP contribution in [0.1, 0.15) is 23.9 Å². The molecule has 3 nitrogen and oxygen atoms in total. The number of nitrogens with two attached hydrogens (primary N) is 1. The molecule has 0 saturated carbocycles. The Balaban J connectivity index is 2.09. The summed E-state index contributed by atoms with van der Waals surface area (Å²) < 4.78 is 1.90. The van der Waals surface area contributed by atoms with Gasteiger partial charge in [-0.3, -0.25) is 4.68 Å². The van der Waals surface area contributed by atoms with Crippen LogP contribution in [0.15, 0.2) is 24.3 Å². The van der Waals surface area contributed by atoms with Crippen molar-refractivity contribution in [1.29, 1.82) is 0 Å². The molecule has 0 fully saturated rings. The van der Waals surface area contributed by atoms with Crippen LogP contribution in [0.25, 0.3) is 0 Å². The standard InChI is InChI=1S/C15H19Cl2N3/c1-3-11-9-12(20(2)19-11)7-10(18)8-13-14(16)5-4-6-15(13)17/h4-6,9-10H,3,7-8,18H2,1-2H3. The quantitative estimate of drug-likeness (QED) is 0.919. The smallest absolute Gasteiger partial charge is 0.0624 e. The summed E-state index contributed by atoms with van der Waals surface area (Å²) in [5.74, 6) is 0. The normalized spacial score (nSPS) is 12.7. The molecule has 2 N–H and O–H groups in total. The predicted octanol–water partition coefficient (Wildman–Crippen LogP) is 3.40. The number of halogens is 2. The monoisotopic (exact) mass is 311 g/mol. The summed E-state index contributed by atoms with van der Waals surface area (Å²) in [5.41, 5.74) is 9.38. The van der Waals surface area contributed by atoms with Crippen LogP contribution >= 0.6 is 23.2 Å². The van der Waals surface area contributed by atoms with Crippen molar-refractivity contribution in [2.45, 2.75) is 32.2 Å². The Morgan fingerprint density at radius 1 is 1.25 bits per heavy atom. The van der Waals surface area contributed by atoms with Gasteiger partial charge >= 0.3 is 0 Å². The fourth-order valence-corrected chi connectivity index (χ4v) is 2.82. The lowest BCUT2D eigenvalue weighted by Crippen LogP contribution is -2.26. The van der Waals surface area contributed by atoms with E-state index in [4.69, 9.17) is 28.9 Å². The first-order chi connectivity index (χ1) is 9.51. The molecule has 0 aliphatic rings.